The van der Waals surface area contributed by atoms with Gasteiger partial charge in [-0.05, 0) is 64.2 Å². The number of halogens is 3. The smallest absolute Gasteiger partial charge is 0.129 e. The molecule has 2 aromatic rings. The van der Waals surface area contributed by atoms with E-state index in [4.69, 9.17) is 11.6 Å². The van der Waals surface area contributed by atoms with Gasteiger partial charge in [-0.1, -0.05) is 29.8 Å². The van der Waals surface area contributed by atoms with Crippen molar-refractivity contribution in [3.05, 3.63) is 67.9 Å². The van der Waals surface area contributed by atoms with Crippen LogP contribution in [0.25, 0.3) is 0 Å². The third-order valence-corrected chi connectivity index (χ3v) is 4.37. The highest BCUT2D eigenvalue weighted by atomic mass is 79.9. The van der Waals surface area contributed by atoms with Crippen LogP contribution in [-0.2, 0) is 13.1 Å². The minimum Gasteiger partial charge on any atom is -0.309 e. The highest BCUT2D eigenvalue weighted by Crippen LogP contribution is 2.23. The van der Waals surface area contributed by atoms with E-state index in [1.165, 1.54) is 0 Å². The summed E-state index contributed by atoms with van der Waals surface area (Å²) in [4.78, 5) is 0. The van der Waals surface area contributed by atoms with E-state index in [2.05, 4.69) is 21.2 Å². The lowest BCUT2D eigenvalue weighted by Crippen LogP contribution is -2.13. The van der Waals surface area contributed by atoms with Gasteiger partial charge in [0.2, 0.25) is 0 Å². The van der Waals surface area contributed by atoms with Gasteiger partial charge >= 0.3 is 0 Å². The Kier molecular flexibility index (Phi) is 5.19. The predicted molar refractivity (Wildman–Crippen MR) is 85.6 cm³/mol. The molecule has 2 rings (SSSR count). The average Bonchev–Trinajstić information content (AvgIpc) is 2.40. The summed E-state index contributed by atoms with van der Waals surface area (Å²) < 4.78 is 14.4. The molecule has 0 fully saturated rings. The zero-order chi connectivity index (χ0) is 14.7. The molecule has 20 heavy (non-hydrogen) atoms. The third kappa shape index (κ3) is 3.81. The van der Waals surface area contributed by atoms with Gasteiger partial charge in [0.25, 0.3) is 0 Å². The fourth-order valence-electron chi connectivity index (χ4n) is 2.14. The second-order valence-electron chi connectivity index (χ2n) is 4.90. The van der Waals surface area contributed by atoms with Gasteiger partial charge in [0, 0.05) is 17.6 Å². The van der Waals surface area contributed by atoms with Gasteiger partial charge in [-0.25, -0.2) is 4.39 Å². The first-order valence-corrected chi connectivity index (χ1v) is 7.54. The lowest BCUT2D eigenvalue weighted by molar-refractivity contribution is 0.606. The van der Waals surface area contributed by atoms with Crippen LogP contribution < -0.4 is 5.32 Å². The number of nitrogens with one attached hydrogen (secondary N) is 1. The van der Waals surface area contributed by atoms with Crippen LogP contribution in [0.3, 0.4) is 0 Å². The van der Waals surface area contributed by atoms with Crippen LogP contribution in [0.1, 0.15) is 22.3 Å². The van der Waals surface area contributed by atoms with E-state index in [1.54, 1.807) is 13.8 Å². The molecule has 0 atom stereocenters. The van der Waals surface area contributed by atoms with Crippen molar-refractivity contribution in [2.45, 2.75) is 26.9 Å². The number of benzene rings is 2. The summed E-state index contributed by atoms with van der Waals surface area (Å²) in [5.74, 6) is -0.117. The molecule has 0 unspecified atom stereocenters. The Labute approximate surface area is 132 Å². The predicted octanol–water partition coefficient (Wildman–Crippen LogP) is 5.15. The largest absolute Gasteiger partial charge is 0.309 e. The topological polar surface area (TPSA) is 12.0 Å². The van der Waals surface area contributed by atoms with Gasteiger partial charge in [0.15, 0.2) is 0 Å². The zero-order valence-electron chi connectivity index (χ0n) is 11.4. The molecule has 0 aliphatic rings. The lowest BCUT2D eigenvalue weighted by atomic mass is 10.1. The van der Waals surface area contributed by atoms with Crippen molar-refractivity contribution in [1.29, 1.82) is 0 Å². The van der Waals surface area contributed by atoms with Crippen LogP contribution in [-0.4, -0.2) is 0 Å². The standard InChI is InChI=1S/C16H16BrClFN/c1-10-5-13(6-11(2)16(10)19)9-20-8-12-3-4-14(17)15(18)7-12/h3-7,20H,8-9H2,1-2H3. The lowest BCUT2D eigenvalue weighted by Gasteiger charge is -2.09. The van der Waals surface area contributed by atoms with Crippen LogP contribution in [0.5, 0.6) is 0 Å². The molecule has 0 aliphatic carbocycles. The zero-order valence-corrected chi connectivity index (χ0v) is 13.8. The molecule has 0 amide bonds. The number of hydrogen-bond acceptors (Lipinski definition) is 1. The van der Waals surface area contributed by atoms with Crippen LogP contribution >= 0.6 is 27.5 Å². The van der Waals surface area contributed by atoms with Gasteiger partial charge < -0.3 is 5.32 Å². The number of rotatable bonds is 4. The Morgan fingerprint density at radius 2 is 1.65 bits per heavy atom. The first-order chi connectivity index (χ1) is 9.47. The summed E-state index contributed by atoms with van der Waals surface area (Å²) in [6.07, 6.45) is 0. The SMILES string of the molecule is Cc1cc(CNCc2ccc(Br)c(Cl)c2)cc(C)c1F. The maximum Gasteiger partial charge on any atom is 0.129 e. The van der Waals surface area contributed by atoms with Gasteiger partial charge in [-0.2, -0.15) is 0 Å². The van der Waals surface area contributed by atoms with E-state index in [1.807, 2.05) is 30.3 Å². The summed E-state index contributed by atoms with van der Waals surface area (Å²) in [5, 5.41) is 4.05. The molecule has 0 saturated carbocycles. The molecular formula is C16H16BrClFN. The van der Waals surface area contributed by atoms with Crippen LogP contribution in [0, 0.1) is 19.7 Å². The van der Waals surface area contributed by atoms with Crippen LogP contribution in [0.2, 0.25) is 5.02 Å². The Morgan fingerprint density at radius 1 is 1.05 bits per heavy atom. The van der Waals surface area contributed by atoms with Gasteiger partial charge in [0.1, 0.15) is 5.82 Å². The van der Waals surface area contributed by atoms with Crippen molar-refractivity contribution in [2.24, 2.45) is 0 Å². The third-order valence-electron chi connectivity index (χ3n) is 3.14. The Hall–Kier alpha value is -0.900. The minimum atomic E-state index is -0.117. The molecule has 106 valence electrons. The fraction of sp³-hybridized carbons (Fsp3) is 0.250. The Bertz CT molecular complexity index is 605. The van der Waals surface area contributed by atoms with E-state index in [0.717, 1.165) is 22.1 Å². The van der Waals surface area contributed by atoms with Crippen molar-refractivity contribution < 1.29 is 4.39 Å². The highest BCUT2D eigenvalue weighted by molar-refractivity contribution is 9.10. The van der Waals surface area contributed by atoms with Gasteiger partial charge in [-0.15, -0.1) is 0 Å². The van der Waals surface area contributed by atoms with E-state index < -0.39 is 0 Å². The summed E-state index contributed by atoms with van der Waals surface area (Å²) in [6, 6.07) is 9.64. The second-order valence-corrected chi connectivity index (χ2v) is 6.16. The quantitative estimate of drug-likeness (QED) is 0.799. The van der Waals surface area contributed by atoms with E-state index in [-0.39, 0.29) is 5.82 Å². The molecule has 1 N–H and O–H groups in total. The van der Waals surface area contributed by atoms with Gasteiger partial charge in [0.05, 0.1) is 5.02 Å². The number of aryl methyl sites for hydroxylation is 2. The Morgan fingerprint density at radius 3 is 2.25 bits per heavy atom. The molecule has 0 spiro atoms. The first-order valence-electron chi connectivity index (χ1n) is 6.37. The van der Waals surface area contributed by atoms with Crippen molar-refractivity contribution in [3.63, 3.8) is 0 Å². The summed E-state index contributed by atoms with van der Waals surface area (Å²) in [5.41, 5.74) is 3.58. The summed E-state index contributed by atoms with van der Waals surface area (Å²) in [6.45, 7) is 5.01. The van der Waals surface area contributed by atoms with Crippen molar-refractivity contribution >= 4 is 27.5 Å². The van der Waals surface area contributed by atoms with E-state index >= 15 is 0 Å². The normalized spacial score (nSPS) is 10.8. The maximum absolute atomic E-state index is 13.5. The average molecular weight is 357 g/mol. The molecule has 1 nitrogen and oxygen atoms in total. The molecule has 0 radical (unpaired) electrons. The molecule has 0 aliphatic heterocycles. The summed E-state index contributed by atoms with van der Waals surface area (Å²) in [7, 11) is 0. The van der Waals surface area contributed by atoms with Crippen molar-refractivity contribution in [3.8, 4) is 0 Å². The summed E-state index contributed by atoms with van der Waals surface area (Å²) >= 11 is 9.42. The van der Waals surface area contributed by atoms with E-state index in [0.29, 0.717) is 22.7 Å². The molecule has 0 saturated heterocycles. The second kappa shape index (κ2) is 6.70. The molecule has 0 heterocycles. The molecular weight excluding hydrogens is 341 g/mol. The first kappa shape index (κ1) is 15.5. The molecule has 2 aromatic carbocycles. The van der Waals surface area contributed by atoms with Gasteiger partial charge in [-0.3, -0.25) is 0 Å². The molecule has 0 aromatic heterocycles. The minimum absolute atomic E-state index is 0.117. The fourth-order valence-corrected chi connectivity index (χ4v) is 2.59. The molecule has 4 heteroatoms. The highest BCUT2D eigenvalue weighted by Gasteiger charge is 2.04. The maximum atomic E-state index is 13.5. The monoisotopic (exact) mass is 355 g/mol. The van der Waals surface area contributed by atoms with E-state index in [9.17, 15) is 4.39 Å². The van der Waals surface area contributed by atoms with Crippen molar-refractivity contribution in [1.82, 2.24) is 5.32 Å². The number of hydrogen-bond donors (Lipinski definition) is 1. The van der Waals surface area contributed by atoms with Crippen LogP contribution in [0.4, 0.5) is 4.39 Å². The van der Waals surface area contributed by atoms with Crippen LogP contribution in [0.15, 0.2) is 34.8 Å². The van der Waals surface area contributed by atoms with Crippen molar-refractivity contribution in [2.75, 3.05) is 0 Å². The Balaban J connectivity index is 1.97. The molecule has 0 bridgehead atoms.